The van der Waals surface area contributed by atoms with Crippen LogP contribution >= 0.6 is 0 Å². The standard InChI is InChI=1S/C29H31FN2O/c30-26-12-8-22(9-13-26)18-21-6-10-23(11-7-21)24-14-16-32(17-15-24)20-29(33)31-28-19-27(28)25-4-2-1-3-5-25/h1-13,24,27-28H,14-20H2,(H,31,33). The largest absolute Gasteiger partial charge is 0.352 e. The highest BCUT2D eigenvalue weighted by molar-refractivity contribution is 5.79. The fourth-order valence-electron chi connectivity index (χ4n) is 5.05. The molecule has 1 amide bonds. The Hall–Kier alpha value is -2.98. The van der Waals surface area contributed by atoms with E-state index >= 15 is 0 Å². The monoisotopic (exact) mass is 442 g/mol. The minimum Gasteiger partial charge on any atom is -0.352 e. The lowest BCUT2D eigenvalue weighted by Gasteiger charge is -2.31. The van der Waals surface area contributed by atoms with Crippen LogP contribution in [0, 0.1) is 5.82 Å². The van der Waals surface area contributed by atoms with Crippen LogP contribution in [0.5, 0.6) is 0 Å². The van der Waals surface area contributed by atoms with Crippen molar-refractivity contribution in [2.75, 3.05) is 19.6 Å². The first-order valence-corrected chi connectivity index (χ1v) is 12.0. The van der Waals surface area contributed by atoms with Gasteiger partial charge in [-0.1, -0.05) is 66.7 Å². The van der Waals surface area contributed by atoms with Crippen molar-refractivity contribution in [3.8, 4) is 0 Å². The van der Waals surface area contributed by atoms with Gasteiger partial charge in [0, 0.05) is 12.0 Å². The molecule has 1 aliphatic carbocycles. The molecule has 3 nitrogen and oxygen atoms in total. The summed E-state index contributed by atoms with van der Waals surface area (Å²) in [5.74, 6) is 0.992. The molecular formula is C29H31FN2O. The summed E-state index contributed by atoms with van der Waals surface area (Å²) in [6.45, 7) is 2.42. The topological polar surface area (TPSA) is 32.3 Å². The minimum atomic E-state index is -0.193. The Labute approximate surface area is 195 Å². The number of hydrogen-bond acceptors (Lipinski definition) is 2. The van der Waals surface area contributed by atoms with Gasteiger partial charge < -0.3 is 5.32 Å². The van der Waals surface area contributed by atoms with Crippen LogP contribution in [0.25, 0.3) is 0 Å². The van der Waals surface area contributed by atoms with E-state index in [0.717, 1.165) is 44.3 Å². The Morgan fingerprint density at radius 2 is 1.48 bits per heavy atom. The molecule has 1 heterocycles. The molecule has 33 heavy (non-hydrogen) atoms. The van der Waals surface area contributed by atoms with Crippen LogP contribution in [0.15, 0.2) is 78.9 Å². The SMILES string of the molecule is O=C(CN1CCC(c2ccc(Cc3ccc(F)cc3)cc2)CC1)NC1CC1c1ccccc1. The van der Waals surface area contributed by atoms with Crippen LogP contribution in [0.1, 0.15) is 53.4 Å². The summed E-state index contributed by atoms with van der Waals surface area (Å²) in [5, 5.41) is 3.22. The molecule has 2 aliphatic rings. The van der Waals surface area contributed by atoms with Gasteiger partial charge in [-0.25, -0.2) is 4.39 Å². The van der Waals surface area contributed by atoms with E-state index in [1.807, 2.05) is 18.2 Å². The number of rotatable bonds is 7. The molecule has 0 radical (unpaired) electrons. The summed E-state index contributed by atoms with van der Waals surface area (Å²) in [7, 11) is 0. The van der Waals surface area contributed by atoms with Crippen molar-refractivity contribution in [1.82, 2.24) is 10.2 Å². The Kier molecular flexibility index (Phi) is 6.54. The smallest absolute Gasteiger partial charge is 0.234 e. The first kappa shape index (κ1) is 21.8. The number of carbonyl (C=O) groups is 1. The zero-order chi connectivity index (χ0) is 22.6. The molecule has 4 heteroatoms. The number of likely N-dealkylation sites (tertiary alicyclic amines) is 1. The number of piperidine rings is 1. The van der Waals surface area contributed by atoms with E-state index in [-0.39, 0.29) is 11.7 Å². The van der Waals surface area contributed by atoms with Gasteiger partial charge in [0.15, 0.2) is 0 Å². The van der Waals surface area contributed by atoms with Crippen LogP contribution < -0.4 is 5.32 Å². The van der Waals surface area contributed by atoms with Crippen molar-refractivity contribution in [3.05, 3.63) is 107 Å². The molecule has 2 fully saturated rings. The predicted molar refractivity (Wildman–Crippen MR) is 130 cm³/mol. The van der Waals surface area contributed by atoms with Crippen molar-refractivity contribution < 1.29 is 9.18 Å². The minimum absolute atomic E-state index is 0.155. The molecule has 1 saturated heterocycles. The third kappa shape index (κ3) is 5.69. The Morgan fingerprint density at radius 3 is 2.15 bits per heavy atom. The number of amides is 1. The maximum Gasteiger partial charge on any atom is 0.234 e. The third-order valence-electron chi connectivity index (χ3n) is 7.09. The van der Waals surface area contributed by atoms with Gasteiger partial charge in [0.05, 0.1) is 6.54 Å². The van der Waals surface area contributed by atoms with E-state index in [2.05, 4.69) is 58.7 Å². The molecule has 2 unspecified atom stereocenters. The Bertz CT molecular complexity index is 1060. The number of hydrogen-bond donors (Lipinski definition) is 1. The predicted octanol–water partition coefficient (Wildman–Crippen LogP) is 5.27. The summed E-state index contributed by atoms with van der Waals surface area (Å²) in [6.07, 6.45) is 4.04. The van der Waals surface area contributed by atoms with Gasteiger partial charge in [0.1, 0.15) is 5.82 Å². The third-order valence-corrected chi connectivity index (χ3v) is 7.09. The fraction of sp³-hybridized carbons (Fsp3) is 0.345. The maximum atomic E-state index is 13.1. The summed E-state index contributed by atoms with van der Waals surface area (Å²) in [4.78, 5) is 14.8. The summed E-state index contributed by atoms with van der Waals surface area (Å²) >= 11 is 0. The summed E-state index contributed by atoms with van der Waals surface area (Å²) in [6, 6.07) is 26.4. The molecule has 0 aromatic heterocycles. The Balaban J connectivity index is 1.06. The second-order valence-electron chi connectivity index (χ2n) is 9.52. The number of carbonyl (C=O) groups excluding carboxylic acids is 1. The zero-order valence-electron chi connectivity index (χ0n) is 18.9. The molecule has 1 saturated carbocycles. The van der Waals surface area contributed by atoms with Crippen molar-refractivity contribution in [1.29, 1.82) is 0 Å². The van der Waals surface area contributed by atoms with Crippen molar-refractivity contribution in [3.63, 3.8) is 0 Å². The Morgan fingerprint density at radius 1 is 0.848 bits per heavy atom. The van der Waals surface area contributed by atoms with Crippen LogP contribution in [-0.2, 0) is 11.2 Å². The van der Waals surface area contributed by atoms with Gasteiger partial charge >= 0.3 is 0 Å². The highest BCUT2D eigenvalue weighted by Crippen LogP contribution is 2.40. The summed E-state index contributed by atoms with van der Waals surface area (Å²) in [5.41, 5.74) is 5.07. The van der Waals surface area contributed by atoms with Crippen LogP contribution in [0.3, 0.4) is 0 Å². The summed E-state index contributed by atoms with van der Waals surface area (Å²) < 4.78 is 13.1. The lowest BCUT2D eigenvalue weighted by atomic mass is 9.88. The van der Waals surface area contributed by atoms with Gasteiger partial charge in [-0.3, -0.25) is 9.69 Å². The quantitative estimate of drug-likeness (QED) is 0.541. The highest BCUT2D eigenvalue weighted by Gasteiger charge is 2.39. The molecule has 3 aromatic carbocycles. The second kappa shape index (κ2) is 9.88. The van der Waals surface area contributed by atoms with Gasteiger partial charge in [0.25, 0.3) is 0 Å². The van der Waals surface area contributed by atoms with Crippen molar-refractivity contribution in [2.45, 2.75) is 43.6 Å². The normalized spacial score (nSPS) is 21.0. The zero-order valence-corrected chi connectivity index (χ0v) is 18.9. The molecule has 0 bridgehead atoms. The van der Waals surface area contributed by atoms with Crippen LogP contribution in [-0.4, -0.2) is 36.5 Å². The van der Waals surface area contributed by atoms with E-state index < -0.39 is 0 Å². The molecule has 170 valence electrons. The van der Waals surface area contributed by atoms with Gasteiger partial charge in [-0.2, -0.15) is 0 Å². The number of nitrogens with zero attached hydrogens (tertiary/aromatic N) is 1. The molecule has 1 aliphatic heterocycles. The number of nitrogens with one attached hydrogen (secondary N) is 1. The van der Waals surface area contributed by atoms with E-state index in [1.165, 1.54) is 28.8 Å². The van der Waals surface area contributed by atoms with Crippen LogP contribution in [0.2, 0.25) is 0 Å². The van der Waals surface area contributed by atoms with Crippen LogP contribution in [0.4, 0.5) is 4.39 Å². The first-order valence-electron chi connectivity index (χ1n) is 12.0. The van der Waals surface area contributed by atoms with E-state index in [1.54, 1.807) is 0 Å². The highest BCUT2D eigenvalue weighted by atomic mass is 19.1. The van der Waals surface area contributed by atoms with E-state index in [0.29, 0.717) is 24.4 Å². The van der Waals surface area contributed by atoms with Gasteiger partial charge in [-0.15, -0.1) is 0 Å². The molecule has 5 rings (SSSR count). The average Bonchev–Trinajstić information content (AvgIpc) is 3.61. The van der Waals surface area contributed by atoms with Crippen molar-refractivity contribution in [2.24, 2.45) is 0 Å². The maximum absolute atomic E-state index is 13.1. The molecule has 1 N–H and O–H groups in total. The lowest BCUT2D eigenvalue weighted by Crippen LogP contribution is -2.42. The van der Waals surface area contributed by atoms with E-state index in [9.17, 15) is 9.18 Å². The molecule has 0 spiro atoms. The first-order chi connectivity index (χ1) is 16.1. The second-order valence-corrected chi connectivity index (χ2v) is 9.52. The molecule has 3 aromatic rings. The van der Waals surface area contributed by atoms with Gasteiger partial charge in [0.2, 0.25) is 5.91 Å². The van der Waals surface area contributed by atoms with Gasteiger partial charge in [-0.05, 0) is 79.1 Å². The van der Waals surface area contributed by atoms with Crippen molar-refractivity contribution >= 4 is 5.91 Å². The molecular weight excluding hydrogens is 411 g/mol. The average molecular weight is 443 g/mol. The van der Waals surface area contributed by atoms with E-state index in [4.69, 9.17) is 0 Å². The number of halogens is 1. The number of benzene rings is 3. The molecule has 2 atom stereocenters. The lowest BCUT2D eigenvalue weighted by molar-refractivity contribution is -0.122. The fourth-order valence-corrected chi connectivity index (χ4v) is 5.05.